The maximum absolute atomic E-state index is 12.2. The van der Waals surface area contributed by atoms with Gasteiger partial charge in [0, 0.05) is 20.2 Å². The zero-order valence-electron chi connectivity index (χ0n) is 11.1. The van der Waals surface area contributed by atoms with Gasteiger partial charge in [0.05, 0.1) is 12.5 Å². The van der Waals surface area contributed by atoms with Crippen LogP contribution >= 0.6 is 0 Å². The van der Waals surface area contributed by atoms with E-state index < -0.39 is 5.92 Å². The van der Waals surface area contributed by atoms with Crippen molar-refractivity contribution in [2.24, 2.45) is 22.7 Å². The molecule has 0 aromatic rings. The van der Waals surface area contributed by atoms with Crippen LogP contribution < -0.4 is 5.73 Å². The van der Waals surface area contributed by atoms with Gasteiger partial charge in [-0.05, 0) is 25.2 Å². The molecule has 6 heteroatoms. The average molecular weight is 257 g/mol. The molecule has 0 aromatic carbocycles. The van der Waals surface area contributed by atoms with Crippen LogP contribution in [0.1, 0.15) is 26.2 Å². The second kappa shape index (κ2) is 7.20. The molecule has 2 unspecified atom stereocenters. The fourth-order valence-corrected chi connectivity index (χ4v) is 2.27. The molecular weight excluding hydrogens is 234 g/mol. The first-order chi connectivity index (χ1) is 8.60. The summed E-state index contributed by atoms with van der Waals surface area (Å²) < 4.78 is 5.39. The molecule has 1 rings (SSSR count). The molecule has 1 aliphatic rings. The minimum atomic E-state index is -0.537. The maximum Gasteiger partial charge on any atom is 0.233 e. The van der Waals surface area contributed by atoms with Gasteiger partial charge in [-0.2, -0.15) is 0 Å². The van der Waals surface area contributed by atoms with Crippen molar-refractivity contribution in [3.63, 3.8) is 0 Å². The summed E-state index contributed by atoms with van der Waals surface area (Å²) >= 11 is 0. The van der Waals surface area contributed by atoms with Crippen molar-refractivity contribution in [2.45, 2.75) is 26.2 Å². The van der Waals surface area contributed by atoms with Crippen molar-refractivity contribution in [3.8, 4) is 0 Å². The van der Waals surface area contributed by atoms with E-state index in [0.29, 0.717) is 25.5 Å². The predicted octanol–water partition coefficient (Wildman–Crippen LogP) is 0.644. The Labute approximate surface area is 108 Å². The van der Waals surface area contributed by atoms with Crippen molar-refractivity contribution >= 4 is 11.7 Å². The van der Waals surface area contributed by atoms with E-state index in [1.165, 1.54) is 0 Å². The molecule has 0 aromatic heterocycles. The zero-order chi connectivity index (χ0) is 13.5. The van der Waals surface area contributed by atoms with E-state index in [0.717, 1.165) is 19.4 Å². The largest absolute Gasteiger partial charge is 0.409 e. The fraction of sp³-hybridized carbons (Fsp3) is 0.833. The topological polar surface area (TPSA) is 88.2 Å². The number of amidine groups is 1. The molecule has 6 nitrogen and oxygen atoms in total. The van der Waals surface area contributed by atoms with Crippen molar-refractivity contribution in [1.82, 2.24) is 4.90 Å². The number of hydrogen-bond acceptors (Lipinski definition) is 4. The molecule has 1 heterocycles. The Kier molecular flexibility index (Phi) is 5.91. The molecule has 1 fully saturated rings. The summed E-state index contributed by atoms with van der Waals surface area (Å²) in [5.41, 5.74) is 5.53. The SMILES string of the molecule is CCC(C(=O)N(C)CC1CCCOC1)C(N)=NO. The fourth-order valence-electron chi connectivity index (χ4n) is 2.27. The number of hydrogen-bond donors (Lipinski definition) is 2. The lowest BCUT2D eigenvalue weighted by Gasteiger charge is -2.29. The normalized spacial score (nSPS) is 22.6. The Bertz CT molecular complexity index is 301. The van der Waals surface area contributed by atoms with Crippen LogP contribution in [0.2, 0.25) is 0 Å². The van der Waals surface area contributed by atoms with Crippen LogP contribution in [0.3, 0.4) is 0 Å². The van der Waals surface area contributed by atoms with Crippen LogP contribution in [-0.4, -0.2) is 48.7 Å². The number of carbonyl (C=O) groups is 1. The molecule has 3 N–H and O–H groups in total. The highest BCUT2D eigenvalue weighted by Gasteiger charge is 2.26. The van der Waals surface area contributed by atoms with E-state index in [1.54, 1.807) is 11.9 Å². The van der Waals surface area contributed by atoms with Gasteiger partial charge < -0.3 is 20.6 Å². The lowest BCUT2D eigenvalue weighted by Crippen LogP contribution is -2.42. The number of rotatable bonds is 5. The molecule has 104 valence electrons. The molecule has 0 spiro atoms. The lowest BCUT2D eigenvalue weighted by atomic mass is 9.99. The van der Waals surface area contributed by atoms with Crippen LogP contribution in [0.4, 0.5) is 0 Å². The third-order valence-corrected chi connectivity index (χ3v) is 3.34. The van der Waals surface area contributed by atoms with E-state index in [1.807, 2.05) is 6.92 Å². The van der Waals surface area contributed by atoms with Gasteiger partial charge in [0.15, 0.2) is 5.84 Å². The molecule has 18 heavy (non-hydrogen) atoms. The minimum Gasteiger partial charge on any atom is -0.409 e. The van der Waals surface area contributed by atoms with Crippen molar-refractivity contribution < 1.29 is 14.7 Å². The smallest absolute Gasteiger partial charge is 0.233 e. The van der Waals surface area contributed by atoms with Crippen molar-refractivity contribution in [1.29, 1.82) is 0 Å². The van der Waals surface area contributed by atoms with Crippen molar-refractivity contribution in [3.05, 3.63) is 0 Å². The molecule has 0 bridgehead atoms. The Morgan fingerprint density at radius 2 is 2.39 bits per heavy atom. The van der Waals surface area contributed by atoms with Crippen LogP contribution in [0.5, 0.6) is 0 Å². The van der Waals surface area contributed by atoms with Crippen LogP contribution in [0, 0.1) is 11.8 Å². The molecule has 0 saturated carbocycles. The molecule has 0 aliphatic carbocycles. The van der Waals surface area contributed by atoms with Gasteiger partial charge in [-0.25, -0.2) is 0 Å². The van der Waals surface area contributed by atoms with Crippen molar-refractivity contribution in [2.75, 3.05) is 26.8 Å². The molecule has 1 amide bonds. The summed E-state index contributed by atoms with van der Waals surface area (Å²) in [5, 5.41) is 11.6. The van der Waals surface area contributed by atoms with Crippen LogP contribution in [0.15, 0.2) is 5.16 Å². The first-order valence-corrected chi connectivity index (χ1v) is 6.40. The van der Waals surface area contributed by atoms with Crippen LogP contribution in [0.25, 0.3) is 0 Å². The standard InChI is InChI=1S/C12H23N3O3/c1-3-10(11(13)14-17)12(16)15(2)7-9-5-4-6-18-8-9/h9-10,17H,3-8H2,1-2H3,(H2,13,14). The Balaban J connectivity index is 2.53. The zero-order valence-corrected chi connectivity index (χ0v) is 11.1. The quantitative estimate of drug-likeness (QED) is 0.327. The summed E-state index contributed by atoms with van der Waals surface area (Å²) in [7, 11) is 1.75. The van der Waals surface area contributed by atoms with Gasteiger partial charge in [0.2, 0.25) is 5.91 Å². The van der Waals surface area contributed by atoms with Gasteiger partial charge in [-0.1, -0.05) is 12.1 Å². The molecule has 1 aliphatic heterocycles. The number of nitrogens with two attached hydrogens (primary N) is 1. The second-order valence-corrected chi connectivity index (χ2v) is 4.79. The molecular formula is C12H23N3O3. The van der Waals surface area contributed by atoms with E-state index in [2.05, 4.69) is 5.16 Å². The summed E-state index contributed by atoms with van der Waals surface area (Å²) in [6, 6.07) is 0. The third kappa shape index (κ3) is 3.87. The number of amides is 1. The summed E-state index contributed by atoms with van der Waals surface area (Å²) in [6.07, 6.45) is 2.66. The van der Waals surface area contributed by atoms with Gasteiger partial charge >= 0.3 is 0 Å². The Morgan fingerprint density at radius 3 is 2.89 bits per heavy atom. The number of nitrogens with zero attached hydrogens (tertiary/aromatic N) is 2. The van der Waals surface area contributed by atoms with Crippen LogP contribution in [-0.2, 0) is 9.53 Å². The van der Waals surface area contributed by atoms with Gasteiger partial charge in [0.1, 0.15) is 0 Å². The van der Waals surface area contributed by atoms with E-state index in [4.69, 9.17) is 15.7 Å². The monoisotopic (exact) mass is 257 g/mol. The average Bonchev–Trinajstić information content (AvgIpc) is 2.40. The summed E-state index contributed by atoms with van der Waals surface area (Å²) in [4.78, 5) is 13.8. The number of carbonyl (C=O) groups excluding carboxylic acids is 1. The Hall–Kier alpha value is -1.30. The van der Waals surface area contributed by atoms with Gasteiger partial charge in [0.25, 0.3) is 0 Å². The van der Waals surface area contributed by atoms with E-state index >= 15 is 0 Å². The summed E-state index contributed by atoms with van der Waals surface area (Å²) in [5.74, 6) is -0.269. The predicted molar refractivity (Wildman–Crippen MR) is 68.4 cm³/mol. The molecule has 1 saturated heterocycles. The van der Waals surface area contributed by atoms with E-state index in [9.17, 15) is 4.79 Å². The van der Waals surface area contributed by atoms with Gasteiger partial charge in [-0.3, -0.25) is 4.79 Å². The lowest BCUT2D eigenvalue weighted by molar-refractivity contribution is -0.133. The van der Waals surface area contributed by atoms with E-state index in [-0.39, 0.29) is 11.7 Å². The highest BCUT2D eigenvalue weighted by atomic mass is 16.5. The highest BCUT2D eigenvalue weighted by molar-refractivity contribution is 6.01. The first kappa shape index (κ1) is 14.8. The highest BCUT2D eigenvalue weighted by Crippen LogP contribution is 2.16. The second-order valence-electron chi connectivity index (χ2n) is 4.79. The first-order valence-electron chi connectivity index (χ1n) is 6.40. The van der Waals surface area contributed by atoms with Gasteiger partial charge in [-0.15, -0.1) is 0 Å². The number of oxime groups is 1. The third-order valence-electron chi connectivity index (χ3n) is 3.34. The maximum atomic E-state index is 12.2. The minimum absolute atomic E-state index is 0.0192. The molecule has 0 radical (unpaired) electrons. The summed E-state index contributed by atoms with van der Waals surface area (Å²) in [6.45, 7) is 4.03. The Morgan fingerprint density at radius 1 is 1.67 bits per heavy atom. The molecule has 2 atom stereocenters. The number of ether oxygens (including phenoxy) is 1.